The lowest BCUT2D eigenvalue weighted by atomic mass is 9.79. The summed E-state index contributed by atoms with van der Waals surface area (Å²) in [7, 11) is 0. The van der Waals surface area contributed by atoms with Crippen molar-refractivity contribution in [1.82, 2.24) is 9.88 Å². The Morgan fingerprint density at radius 3 is 2.48 bits per heavy atom. The third-order valence-corrected chi connectivity index (χ3v) is 11.2. The molecule has 0 atom stereocenters. The zero-order chi connectivity index (χ0) is 28.1. The van der Waals surface area contributed by atoms with E-state index in [1.807, 2.05) is 11.8 Å². The molecule has 1 aromatic heterocycles. The zero-order valence-corrected chi connectivity index (χ0v) is 25.9. The Hall–Kier alpha value is -1.92. The van der Waals surface area contributed by atoms with Crippen LogP contribution in [0.4, 0.5) is 0 Å². The Balaban J connectivity index is 1.40. The van der Waals surface area contributed by atoms with Crippen LogP contribution in [0.1, 0.15) is 112 Å². The maximum absolute atomic E-state index is 13.7. The largest absolute Gasteiger partial charge is 0.493 e. The molecular formula is C34H48N2O3S. The van der Waals surface area contributed by atoms with Gasteiger partial charge in [-0.15, -0.1) is 0 Å². The maximum Gasteiger partial charge on any atom is 0.253 e. The smallest absolute Gasteiger partial charge is 0.253 e. The third-order valence-electron chi connectivity index (χ3n) is 10.2. The number of amides is 1. The van der Waals surface area contributed by atoms with E-state index in [1.54, 1.807) is 0 Å². The number of nitrogens with one attached hydrogen (secondary N) is 1. The average molecular weight is 565 g/mol. The lowest BCUT2D eigenvalue weighted by molar-refractivity contribution is 0.0311. The van der Waals surface area contributed by atoms with Gasteiger partial charge in [0.15, 0.2) is 0 Å². The molecule has 3 fully saturated rings. The molecule has 6 rings (SSSR count). The Labute approximate surface area is 244 Å². The zero-order valence-electron chi connectivity index (χ0n) is 25.0. The van der Waals surface area contributed by atoms with Crippen LogP contribution in [0.25, 0.3) is 11.3 Å². The van der Waals surface area contributed by atoms with Gasteiger partial charge >= 0.3 is 0 Å². The highest BCUT2D eigenvalue weighted by molar-refractivity contribution is 7.99. The molecule has 0 bridgehead atoms. The van der Waals surface area contributed by atoms with Crippen molar-refractivity contribution in [1.29, 1.82) is 0 Å². The van der Waals surface area contributed by atoms with Crippen LogP contribution in [0, 0.1) is 12.8 Å². The highest BCUT2D eigenvalue weighted by Crippen LogP contribution is 2.58. The molecule has 1 spiro atoms. The van der Waals surface area contributed by atoms with E-state index in [0.717, 1.165) is 66.6 Å². The van der Waals surface area contributed by atoms with Gasteiger partial charge in [-0.3, -0.25) is 4.79 Å². The molecular weight excluding hydrogens is 516 g/mol. The van der Waals surface area contributed by atoms with Crippen molar-refractivity contribution in [2.24, 2.45) is 5.92 Å². The number of benzene rings is 1. The van der Waals surface area contributed by atoms with Crippen LogP contribution in [0.5, 0.6) is 5.75 Å². The Bertz CT molecular complexity index is 1240. The van der Waals surface area contributed by atoms with Gasteiger partial charge in [-0.05, 0) is 98.5 Å². The molecule has 1 amide bonds. The summed E-state index contributed by atoms with van der Waals surface area (Å²) >= 11 is 1.88. The summed E-state index contributed by atoms with van der Waals surface area (Å²) in [6.45, 7) is 11.0. The SMILES string of the molecule is Cc1c(C(=O)NCC2(O)CCSCC2)cc(-c2cc(C(C)(C)C)c3c(c2)C2(CCO3)CC2)n1CC1CCCCC1. The highest BCUT2D eigenvalue weighted by Gasteiger charge is 2.49. The van der Waals surface area contributed by atoms with Crippen molar-refractivity contribution >= 4 is 17.7 Å². The van der Waals surface area contributed by atoms with Gasteiger partial charge in [0.05, 0.1) is 17.8 Å². The number of thioether (sulfide) groups is 1. The average Bonchev–Trinajstić information content (AvgIpc) is 3.63. The minimum atomic E-state index is -0.791. The van der Waals surface area contributed by atoms with Crippen LogP contribution in [-0.4, -0.2) is 45.8 Å². The molecule has 6 heteroatoms. The molecule has 2 aliphatic carbocycles. The van der Waals surface area contributed by atoms with Crippen molar-refractivity contribution < 1.29 is 14.6 Å². The third kappa shape index (κ3) is 5.47. The molecule has 1 aromatic carbocycles. The molecule has 0 unspecified atom stereocenters. The van der Waals surface area contributed by atoms with Crippen LogP contribution in [0.2, 0.25) is 0 Å². The van der Waals surface area contributed by atoms with Gasteiger partial charge in [-0.1, -0.05) is 40.0 Å². The van der Waals surface area contributed by atoms with Gasteiger partial charge < -0.3 is 19.7 Å². The number of carbonyl (C=O) groups is 1. The predicted molar refractivity (Wildman–Crippen MR) is 165 cm³/mol. The van der Waals surface area contributed by atoms with Gasteiger partial charge in [0.25, 0.3) is 5.91 Å². The van der Waals surface area contributed by atoms with Gasteiger partial charge in [0.2, 0.25) is 0 Å². The second-order valence-electron chi connectivity index (χ2n) is 14.2. The molecule has 2 aromatic rings. The van der Waals surface area contributed by atoms with Crippen LogP contribution >= 0.6 is 11.8 Å². The first-order valence-corrected chi connectivity index (χ1v) is 16.8. The summed E-state index contributed by atoms with van der Waals surface area (Å²) in [5.74, 6) is 3.59. The van der Waals surface area contributed by atoms with E-state index in [9.17, 15) is 9.90 Å². The first kappa shape index (κ1) is 28.2. The fraction of sp³-hybridized carbons (Fsp3) is 0.676. The molecule has 218 valence electrons. The number of carbonyl (C=O) groups excluding carboxylic acids is 1. The maximum atomic E-state index is 13.7. The van der Waals surface area contributed by atoms with Crippen molar-refractivity contribution in [2.75, 3.05) is 24.7 Å². The molecule has 3 heterocycles. The first-order valence-electron chi connectivity index (χ1n) is 15.7. The highest BCUT2D eigenvalue weighted by atomic mass is 32.2. The molecule has 2 N–H and O–H groups in total. The van der Waals surface area contributed by atoms with E-state index >= 15 is 0 Å². The molecule has 2 aliphatic heterocycles. The number of rotatable bonds is 6. The Kier molecular flexibility index (Phi) is 7.57. The topological polar surface area (TPSA) is 63.5 Å². The van der Waals surface area contributed by atoms with Crippen molar-refractivity contribution in [2.45, 2.75) is 115 Å². The van der Waals surface area contributed by atoms with E-state index < -0.39 is 5.60 Å². The number of aromatic nitrogens is 1. The predicted octanol–water partition coefficient (Wildman–Crippen LogP) is 7.14. The molecule has 2 saturated carbocycles. The van der Waals surface area contributed by atoms with Crippen LogP contribution in [-0.2, 0) is 17.4 Å². The normalized spacial score (nSPS) is 22.0. The summed E-state index contributed by atoms with van der Waals surface area (Å²) in [6, 6.07) is 6.87. The van der Waals surface area contributed by atoms with Crippen molar-refractivity contribution in [3.05, 3.63) is 40.6 Å². The number of hydrogen-bond acceptors (Lipinski definition) is 4. The number of hydrogen-bond donors (Lipinski definition) is 2. The standard InChI is InChI=1S/C34H48N2O3S/c1-23-26(31(37)35-22-34(38)13-16-40-17-14-34)20-29(36(23)21-24-8-6-5-7-9-24)25-18-27(32(2,3)4)30-28(19-25)33(10-11-33)12-15-39-30/h18-20,24,38H,5-17,21-22H2,1-4H3,(H,35,37). The van der Waals surface area contributed by atoms with E-state index in [2.05, 4.69) is 55.8 Å². The van der Waals surface area contributed by atoms with E-state index in [1.165, 1.54) is 61.6 Å². The molecule has 40 heavy (non-hydrogen) atoms. The minimum Gasteiger partial charge on any atom is -0.493 e. The van der Waals surface area contributed by atoms with E-state index in [-0.39, 0.29) is 16.7 Å². The lowest BCUT2D eigenvalue weighted by Crippen LogP contribution is -2.45. The van der Waals surface area contributed by atoms with Gasteiger partial charge in [0, 0.05) is 41.0 Å². The first-order chi connectivity index (χ1) is 19.1. The second-order valence-corrected chi connectivity index (χ2v) is 15.4. The molecule has 5 nitrogen and oxygen atoms in total. The molecule has 4 aliphatic rings. The lowest BCUT2D eigenvalue weighted by Gasteiger charge is -2.33. The number of fused-ring (bicyclic) bond motifs is 2. The second kappa shape index (κ2) is 10.7. The summed E-state index contributed by atoms with van der Waals surface area (Å²) in [4.78, 5) is 13.7. The van der Waals surface area contributed by atoms with E-state index in [4.69, 9.17) is 4.74 Å². The van der Waals surface area contributed by atoms with Crippen LogP contribution in [0.15, 0.2) is 18.2 Å². The fourth-order valence-corrected chi connectivity index (χ4v) is 8.53. The summed E-state index contributed by atoms with van der Waals surface area (Å²) in [5.41, 5.74) is 6.23. The minimum absolute atomic E-state index is 0.0444. The summed E-state index contributed by atoms with van der Waals surface area (Å²) in [5, 5.41) is 14.1. The summed E-state index contributed by atoms with van der Waals surface area (Å²) < 4.78 is 8.81. The van der Waals surface area contributed by atoms with Crippen LogP contribution < -0.4 is 10.1 Å². The van der Waals surface area contributed by atoms with E-state index in [0.29, 0.717) is 12.5 Å². The summed E-state index contributed by atoms with van der Waals surface area (Å²) in [6.07, 6.45) is 11.5. The van der Waals surface area contributed by atoms with Crippen molar-refractivity contribution in [3.63, 3.8) is 0 Å². The monoisotopic (exact) mass is 564 g/mol. The van der Waals surface area contributed by atoms with Gasteiger partial charge in [-0.25, -0.2) is 0 Å². The number of nitrogens with zero attached hydrogens (tertiary/aromatic N) is 1. The molecule has 1 saturated heterocycles. The van der Waals surface area contributed by atoms with Crippen molar-refractivity contribution in [3.8, 4) is 17.0 Å². The Morgan fingerprint density at radius 1 is 1.07 bits per heavy atom. The van der Waals surface area contributed by atoms with Crippen LogP contribution in [0.3, 0.4) is 0 Å². The number of aliphatic hydroxyl groups is 1. The quantitative estimate of drug-likeness (QED) is 0.391. The van der Waals surface area contributed by atoms with Gasteiger partial charge in [-0.2, -0.15) is 11.8 Å². The van der Waals surface area contributed by atoms with Gasteiger partial charge in [0.1, 0.15) is 5.75 Å². The fourth-order valence-electron chi connectivity index (χ4n) is 7.28. The number of ether oxygens (including phenoxy) is 1. The molecule has 0 radical (unpaired) electrons. The Morgan fingerprint density at radius 2 is 1.80 bits per heavy atom.